The van der Waals surface area contributed by atoms with Crippen LogP contribution in [0, 0.1) is 11.7 Å². The lowest BCUT2D eigenvalue weighted by molar-refractivity contribution is 0.0169. The van der Waals surface area contributed by atoms with Gasteiger partial charge in [-0.15, -0.1) is 0 Å². The maximum atomic E-state index is 13.5. The van der Waals surface area contributed by atoms with Crippen molar-refractivity contribution in [2.75, 3.05) is 6.54 Å². The van der Waals surface area contributed by atoms with Crippen molar-refractivity contribution in [3.8, 4) is 0 Å². The van der Waals surface area contributed by atoms with Crippen molar-refractivity contribution in [2.45, 2.75) is 32.0 Å². The summed E-state index contributed by atoms with van der Waals surface area (Å²) in [6.45, 7) is 0.984. The first kappa shape index (κ1) is 13.0. The van der Waals surface area contributed by atoms with Crippen LogP contribution in [0.15, 0.2) is 22.7 Å². The minimum Gasteiger partial charge on any atom is -0.373 e. The lowest BCUT2D eigenvalue weighted by Gasteiger charge is -2.18. The molecule has 2 unspecified atom stereocenters. The SMILES string of the molecule is NCC1CCCC1OCc1cc(Br)ccc1F. The molecule has 17 heavy (non-hydrogen) atoms. The zero-order valence-corrected chi connectivity index (χ0v) is 11.2. The molecular weight excluding hydrogens is 285 g/mol. The minimum absolute atomic E-state index is 0.193. The summed E-state index contributed by atoms with van der Waals surface area (Å²) in [6, 6.07) is 4.91. The van der Waals surface area contributed by atoms with Gasteiger partial charge in [0.05, 0.1) is 12.7 Å². The monoisotopic (exact) mass is 301 g/mol. The second kappa shape index (κ2) is 5.94. The fourth-order valence-electron chi connectivity index (χ4n) is 2.34. The number of hydrogen-bond acceptors (Lipinski definition) is 2. The Morgan fingerprint density at radius 2 is 2.24 bits per heavy atom. The molecule has 0 bridgehead atoms. The van der Waals surface area contributed by atoms with Gasteiger partial charge < -0.3 is 10.5 Å². The smallest absolute Gasteiger partial charge is 0.128 e. The Hall–Kier alpha value is -0.450. The molecule has 2 atom stereocenters. The van der Waals surface area contributed by atoms with Crippen molar-refractivity contribution >= 4 is 15.9 Å². The Bertz CT molecular complexity index is 386. The predicted molar refractivity (Wildman–Crippen MR) is 69.1 cm³/mol. The molecule has 1 aliphatic carbocycles. The van der Waals surface area contributed by atoms with E-state index in [-0.39, 0.29) is 11.9 Å². The minimum atomic E-state index is -0.213. The molecule has 1 aromatic rings. The molecule has 1 aliphatic rings. The van der Waals surface area contributed by atoms with Gasteiger partial charge in [0.1, 0.15) is 5.82 Å². The van der Waals surface area contributed by atoms with E-state index in [0.29, 0.717) is 24.6 Å². The first-order chi connectivity index (χ1) is 8.20. The molecule has 2 N–H and O–H groups in total. The molecular formula is C13H17BrFNO. The second-order valence-corrected chi connectivity index (χ2v) is 5.43. The van der Waals surface area contributed by atoms with Crippen LogP contribution in [-0.4, -0.2) is 12.6 Å². The zero-order valence-electron chi connectivity index (χ0n) is 9.66. The predicted octanol–water partition coefficient (Wildman–Crippen LogP) is 3.23. The van der Waals surface area contributed by atoms with Gasteiger partial charge in [-0.1, -0.05) is 22.4 Å². The molecule has 0 saturated heterocycles. The first-order valence-electron chi connectivity index (χ1n) is 5.96. The first-order valence-corrected chi connectivity index (χ1v) is 6.75. The molecule has 0 heterocycles. The van der Waals surface area contributed by atoms with Crippen LogP contribution in [0.3, 0.4) is 0 Å². The average Bonchev–Trinajstić information content (AvgIpc) is 2.77. The van der Waals surface area contributed by atoms with Gasteiger partial charge in [0.15, 0.2) is 0 Å². The summed E-state index contributed by atoms with van der Waals surface area (Å²) in [5.74, 6) is 0.223. The molecule has 0 amide bonds. The molecule has 1 aromatic carbocycles. The Morgan fingerprint density at radius 3 is 3.00 bits per heavy atom. The summed E-state index contributed by atoms with van der Waals surface area (Å²) in [7, 11) is 0. The van der Waals surface area contributed by atoms with E-state index in [1.165, 1.54) is 6.07 Å². The number of nitrogens with two attached hydrogens (primary N) is 1. The molecule has 1 saturated carbocycles. The van der Waals surface area contributed by atoms with E-state index in [9.17, 15) is 4.39 Å². The quantitative estimate of drug-likeness (QED) is 0.927. The van der Waals surface area contributed by atoms with Gasteiger partial charge in [0.2, 0.25) is 0 Å². The molecule has 0 spiro atoms. The lowest BCUT2D eigenvalue weighted by atomic mass is 10.1. The Kier molecular flexibility index (Phi) is 4.54. The van der Waals surface area contributed by atoms with Crippen LogP contribution in [0.25, 0.3) is 0 Å². The van der Waals surface area contributed by atoms with E-state index in [1.54, 1.807) is 12.1 Å². The fraction of sp³-hybridized carbons (Fsp3) is 0.538. The maximum Gasteiger partial charge on any atom is 0.128 e. The summed E-state index contributed by atoms with van der Waals surface area (Å²) in [5.41, 5.74) is 6.28. The molecule has 2 nitrogen and oxygen atoms in total. The van der Waals surface area contributed by atoms with E-state index in [1.807, 2.05) is 0 Å². The molecule has 0 aliphatic heterocycles. The highest BCUT2D eigenvalue weighted by molar-refractivity contribution is 9.10. The lowest BCUT2D eigenvalue weighted by Crippen LogP contribution is -2.25. The summed E-state index contributed by atoms with van der Waals surface area (Å²) < 4.78 is 20.2. The summed E-state index contributed by atoms with van der Waals surface area (Å²) in [5, 5.41) is 0. The van der Waals surface area contributed by atoms with Crippen LogP contribution < -0.4 is 5.73 Å². The summed E-state index contributed by atoms with van der Waals surface area (Å²) >= 11 is 3.33. The Labute approximate surface area is 109 Å². The average molecular weight is 302 g/mol. The highest BCUT2D eigenvalue weighted by Crippen LogP contribution is 2.28. The molecule has 94 valence electrons. The summed E-state index contributed by atoms with van der Waals surface area (Å²) in [4.78, 5) is 0. The topological polar surface area (TPSA) is 35.2 Å². The molecule has 4 heteroatoms. The van der Waals surface area contributed by atoms with E-state index >= 15 is 0 Å². The fourth-order valence-corrected chi connectivity index (χ4v) is 2.75. The molecule has 0 aromatic heterocycles. The third-order valence-corrected chi connectivity index (χ3v) is 3.85. The Balaban J connectivity index is 1.95. The zero-order chi connectivity index (χ0) is 12.3. The van der Waals surface area contributed by atoms with Crippen molar-refractivity contribution in [3.63, 3.8) is 0 Å². The van der Waals surface area contributed by atoms with E-state index in [4.69, 9.17) is 10.5 Å². The van der Waals surface area contributed by atoms with Gasteiger partial charge in [-0.2, -0.15) is 0 Å². The number of halogens is 2. The molecule has 0 radical (unpaired) electrons. The van der Waals surface area contributed by atoms with Crippen LogP contribution in [0.5, 0.6) is 0 Å². The normalized spacial score (nSPS) is 24.2. The Morgan fingerprint density at radius 1 is 1.41 bits per heavy atom. The molecule has 1 fully saturated rings. The van der Waals surface area contributed by atoms with Gasteiger partial charge in [-0.25, -0.2) is 4.39 Å². The number of rotatable bonds is 4. The van der Waals surface area contributed by atoms with Gasteiger partial charge in [-0.05, 0) is 43.5 Å². The highest BCUT2D eigenvalue weighted by atomic mass is 79.9. The van der Waals surface area contributed by atoms with Crippen LogP contribution >= 0.6 is 15.9 Å². The molecule has 2 rings (SSSR count). The maximum absolute atomic E-state index is 13.5. The van der Waals surface area contributed by atoms with Crippen LogP contribution in [-0.2, 0) is 11.3 Å². The third kappa shape index (κ3) is 3.27. The van der Waals surface area contributed by atoms with E-state index < -0.39 is 0 Å². The van der Waals surface area contributed by atoms with Crippen molar-refractivity contribution in [3.05, 3.63) is 34.1 Å². The van der Waals surface area contributed by atoms with E-state index in [2.05, 4.69) is 15.9 Å². The second-order valence-electron chi connectivity index (χ2n) is 4.51. The largest absolute Gasteiger partial charge is 0.373 e. The number of hydrogen-bond donors (Lipinski definition) is 1. The van der Waals surface area contributed by atoms with Crippen molar-refractivity contribution in [1.82, 2.24) is 0 Å². The number of ether oxygens (including phenoxy) is 1. The van der Waals surface area contributed by atoms with Crippen LogP contribution in [0.4, 0.5) is 4.39 Å². The van der Waals surface area contributed by atoms with Crippen molar-refractivity contribution in [1.29, 1.82) is 0 Å². The van der Waals surface area contributed by atoms with Gasteiger partial charge >= 0.3 is 0 Å². The van der Waals surface area contributed by atoms with Gasteiger partial charge in [0.25, 0.3) is 0 Å². The van der Waals surface area contributed by atoms with Gasteiger partial charge in [-0.3, -0.25) is 0 Å². The standard InChI is InChI=1S/C13H17BrFNO/c14-11-4-5-12(15)10(6-11)8-17-13-3-1-2-9(13)7-16/h4-6,9,13H,1-3,7-8,16H2. The highest BCUT2D eigenvalue weighted by Gasteiger charge is 2.26. The van der Waals surface area contributed by atoms with E-state index in [0.717, 1.165) is 23.7 Å². The van der Waals surface area contributed by atoms with Crippen LogP contribution in [0.2, 0.25) is 0 Å². The third-order valence-electron chi connectivity index (χ3n) is 3.35. The number of benzene rings is 1. The summed E-state index contributed by atoms with van der Waals surface area (Å²) in [6.07, 6.45) is 3.52. The van der Waals surface area contributed by atoms with Crippen molar-refractivity contribution < 1.29 is 9.13 Å². The van der Waals surface area contributed by atoms with Crippen molar-refractivity contribution in [2.24, 2.45) is 11.7 Å². The van der Waals surface area contributed by atoms with Gasteiger partial charge in [0, 0.05) is 10.0 Å². The van der Waals surface area contributed by atoms with Crippen LogP contribution in [0.1, 0.15) is 24.8 Å².